The summed E-state index contributed by atoms with van der Waals surface area (Å²) in [5.74, 6) is -0.0706. The molecular formula is C17H23N5O2S. The molecule has 1 fully saturated rings. The normalized spacial score (nSPS) is 19.6. The molecule has 1 saturated heterocycles. The van der Waals surface area contributed by atoms with Crippen molar-refractivity contribution >= 4 is 23.3 Å². The molecule has 0 spiro atoms. The van der Waals surface area contributed by atoms with Crippen molar-refractivity contribution in [3.8, 4) is 0 Å². The maximum Gasteiger partial charge on any atom is 0.273 e. The Hall–Kier alpha value is -2.22. The van der Waals surface area contributed by atoms with E-state index in [4.69, 9.17) is 0 Å². The zero-order chi connectivity index (χ0) is 18.0. The first-order chi connectivity index (χ1) is 11.9. The van der Waals surface area contributed by atoms with Crippen molar-refractivity contribution < 1.29 is 9.59 Å². The molecule has 0 saturated carbocycles. The van der Waals surface area contributed by atoms with Crippen LogP contribution in [0.3, 0.4) is 0 Å². The molecule has 0 aromatic carbocycles. The average molecular weight is 361 g/mol. The minimum absolute atomic E-state index is 0.0266. The van der Waals surface area contributed by atoms with Gasteiger partial charge in [0.05, 0.1) is 18.4 Å². The van der Waals surface area contributed by atoms with E-state index in [0.717, 1.165) is 17.8 Å². The predicted octanol–water partition coefficient (Wildman–Crippen LogP) is 1.77. The molecule has 0 bridgehead atoms. The highest BCUT2D eigenvalue weighted by atomic mass is 32.1. The van der Waals surface area contributed by atoms with Gasteiger partial charge in [0.25, 0.3) is 5.91 Å². The van der Waals surface area contributed by atoms with Gasteiger partial charge in [0.1, 0.15) is 5.69 Å². The lowest BCUT2D eigenvalue weighted by atomic mass is 9.79. The van der Waals surface area contributed by atoms with Gasteiger partial charge in [-0.2, -0.15) is 4.37 Å². The van der Waals surface area contributed by atoms with E-state index in [9.17, 15) is 9.59 Å². The molecule has 2 aromatic heterocycles. The van der Waals surface area contributed by atoms with E-state index in [2.05, 4.69) is 33.5 Å². The van der Waals surface area contributed by atoms with Crippen LogP contribution in [-0.4, -0.2) is 50.2 Å². The van der Waals surface area contributed by atoms with E-state index in [-0.39, 0.29) is 29.7 Å². The largest absolute Gasteiger partial charge is 0.352 e. The van der Waals surface area contributed by atoms with Crippen LogP contribution >= 0.6 is 11.5 Å². The van der Waals surface area contributed by atoms with E-state index >= 15 is 0 Å². The number of piperidine rings is 1. The van der Waals surface area contributed by atoms with Gasteiger partial charge in [-0.15, -0.1) is 0 Å². The summed E-state index contributed by atoms with van der Waals surface area (Å²) in [6, 6.07) is 1.78. The first-order valence-corrected chi connectivity index (χ1v) is 9.18. The van der Waals surface area contributed by atoms with E-state index in [0.29, 0.717) is 18.8 Å². The molecule has 3 heterocycles. The number of aromatic nitrogens is 3. The molecule has 3 rings (SSSR count). The van der Waals surface area contributed by atoms with Crippen LogP contribution in [-0.2, 0) is 11.2 Å². The van der Waals surface area contributed by atoms with Crippen LogP contribution in [0, 0.1) is 12.3 Å². The standard InChI is InChI=1S/C17H23N5O2S/c1-11-13(19-10-18-11)8-15(23)20-14-4-6-22(9-17(14,2)3)16(24)12-5-7-25-21-12/h5,7,10,14H,4,6,8-9H2,1-3H3,(H,18,19)(H,20,23). The summed E-state index contributed by atoms with van der Waals surface area (Å²) in [5, 5.41) is 4.93. The lowest BCUT2D eigenvalue weighted by Gasteiger charge is -2.44. The molecule has 1 aliphatic heterocycles. The molecule has 2 N–H and O–H groups in total. The molecule has 1 atom stereocenters. The Morgan fingerprint density at radius 1 is 1.48 bits per heavy atom. The number of H-pyrrole nitrogens is 1. The predicted molar refractivity (Wildman–Crippen MR) is 95.4 cm³/mol. The van der Waals surface area contributed by atoms with Gasteiger partial charge in [-0.05, 0) is 30.9 Å². The van der Waals surface area contributed by atoms with Crippen molar-refractivity contribution in [3.63, 3.8) is 0 Å². The monoisotopic (exact) mass is 361 g/mol. The third-order valence-electron chi connectivity index (χ3n) is 4.77. The number of aryl methyl sites for hydroxylation is 1. The van der Waals surface area contributed by atoms with Crippen LogP contribution in [0.15, 0.2) is 17.8 Å². The van der Waals surface area contributed by atoms with Crippen LogP contribution in [0.4, 0.5) is 0 Å². The van der Waals surface area contributed by atoms with Gasteiger partial charge in [0.2, 0.25) is 5.91 Å². The summed E-state index contributed by atoms with van der Waals surface area (Å²) in [5.41, 5.74) is 1.97. The van der Waals surface area contributed by atoms with Crippen LogP contribution in [0.25, 0.3) is 0 Å². The fourth-order valence-corrected chi connectivity index (χ4v) is 3.75. The number of hydrogen-bond acceptors (Lipinski definition) is 5. The van der Waals surface area contributed by atoms with Crippen molar-refractivity contribution in [2.75, 3.05) is 13.1 Å². The fraction of sp³-hybridized carbons (Fsp3) is 0.529. The second-order valence-electron chi connectivity index (χ2n) is 7.16. The molecule has 8 heteroatoms. The third-order valence-corrected chi connectivity index (χ3v) is 5.33. The number of nitrogens with one attached hydrogen (secondary N) is 2. The van der Waals surface area contributed by atoms with Crippen molar-refractivity contribution in [2.24, 2.45) is 5.41 Å². The number of imidazole rings is 1. The number of amides is 2. The first-order valence-electron chi connectivity index (χ1n) is 8.34. The molecule has 134 valence electrons. The SMILES string of the molecule is Cc1[nH]cnc1CC(=O)NC1CCN(C(=O)c2ccsn2)CC1(C)C. The Morgan fingerprint density at radius 3 is 2.88 bits per heavy atom. The second kappa shape index (κ2) is 6.95. The Bertz CT molecular complexity index is 753. The van der Waals surface area contributed by atoms with E-state index < -0.39 is 0 Å². The van der Waals surface area contributed by atoms with E-state index in [1.807, 2.05) is 17.2 Å². The number of nitrogens with zero attached hydrogens (tertiary/aromatic N) is 3. The third kappa shape index (κ3) is 3.89. The van der Waals surface area contributed by atoms with Gasteiger partial charge >= 0.3 is 0 Å². The van der Waals surface area contributed by atoms with Gasteiger partial charge in [-0.25, -0.2) is 4.98 Å². The van der Waals surface area contributed by atoms with Gasteiger partial charge in [-0.1, -0.05) is 13.8 Å². The number of carbonyl (C=O) groups is 2. The van der Waals surface area contributed by atoms with Gasteiger partial charge < -0.3 is 15.2 Å². The number of hydrogen-bond donors (Lipinski definition) is 2. The van der Waals surface area contributed by atoms with Gasteiger partial charge in [0.15, 0.2) is 0 Å². The maximum atomic E-state index is 12.5. The summed E-state index contributed by atoms with van der Waals surface area (Å²) in [4.78, 5) is 33.9. The minimum Gasteiger partial charge on any atom is -0.352 e. The zero-order valence-corrected chi connectivity index (χ0v) is 15.5. The van der Waals surface area contributed by atoms with E-state index in [1.165, 1.54) is 11.5 Å². The molecule has 7 nitrogen and oxygen atoms in total. The lowest BCUT2D eigenvalue weighted by Crippen LogP contribution is -2.57. The molecule has 2 amide bonds. The number of rotatable bonds is 4. The Morgan fingerprint density at radius 2 is 2.28 bits per heavy atom. The molecule has 25 heavy (non-hydrogen) atoms. The Labute approximate surface area is 151 Å². The van der Waals surface area contributed by atoms with Crippen molar-refractivity contribution in [1.82, 2.24) is 24.6 Å². The summed E-state index contributed by atoms with van der Waals surface area (Å²) < 4.78 is 4.13. The first kappa shape index (κ1) is 17.6. The molecular weight excluding hydrogens is 338 g/mol. The summed E-state index contributed by atoms with van der Waals surface area (Å²) >= 11 is 1.28. The van der Waals surface area contributed by atoms with Crippen molar-refractivity contribution in [3.05, 3.63) is 34.9 Å². The van der Waals surface area contributed by atoms with Crippen LogP contribution in [0.5, 0.6) is 0 Å². The highest BCUT2D eigenvalue weighted by Crippen LogP contribution is 2.30. The van der Waals surface area contributed by atoms with E-state index in [1.54, 1.807) is 12.4 Å². The van der Waals surface area contributed by atoms with Crippen LogP contribution < -0.4 is 5.32 Å². The van der Waals surface area contributed by atoms with Crippen molar-refractivity contribution in [1.29, 1.82) is 0 Å². The lowest BCUT2D eigenvalue weighted by molar-refractivity contribution is -0.122. The molecule has 1 aliphatic rings. The zero-order valence-electron chi connectivity index (χ0n) is 14.7. The van der Waals surface area contributed by atoms with Gasteiger partial charge in [0, 0.05) is 35.6 Å². The Kier molecular flexibility index (Phi) is 4.89. The summed E-state index contributed by atoms with van der Waals surface area (Å²) in [6.07, 6.45) is 2.60. The number of carbonyl (C=O) groups excluding carboxylic acids is 2. The molecule has 0 radical (unpaired) electrons. The highest BCUT2D eigenvalue weighted by molar-refractivity contribution is 7.03. The summed E-state index contributed by atoms with van der Waals surface area (Å²) in [7, 11) is 0. The summed E-state index contributed by atoms with van der Waals surface area (Å²) in [6.45, 7) is 7.28. The van der Waals surface area contributed by atoms with Crippen LogP contribution in [0.1, 0.15) is 42.1 Å². The smallest absolute Gasteiger partial charge is 0.273 e. The van der Waals surface area contributed by atoms with Gasteiger partial charge in [-0.3, -0.25) is 9.59 Å². The molecule has 2 aromatic rings. The highest BCUT2D eigenvalue weighted by Gasteiger charge is 2.38. The molecule has 1 unspecified atom stereocenters. The maximum absolute atomic E-state index is 12.5. The minimum atomic E-state index is -0.208. The van der Waals surface area contributed by atoms with Crippen molar-refractivity contribution in [2.45, 2.75) is 39.7 Å². The number of likely N-dealkylation sites (tertiary alicyclic amines) is 1. The topological polar surface area (TPSA) is 91.0 Å². The average Bonchev–Trinajstić information content (AvgIpc) is 3.21. The quantitative estimate of drug-likeness (QED) is 0.868. The Balaban J connectivity index is 1.60. The second-order valence-corrected chi connectivity index (χ2v) is 7.83. The molecule has 0 aliphatic carbocycles. The fourth-order valence-electron chi connectivity index (χ4n) is 3.25. The number of aromatic amines is 1. The van der Waals surface area contributed by atoms with Crippen LogP contribution in [0.2, 0.25) is 0 Å².